The third kappa shape index (κ3) is 2.91. The highest BCUT2D eigenvalue weighted by molar-refractivity contribution is 7.80. The molecular weight excluding hydrogens is 227 g/mol. The SMILES string of the molecule is NC(=S)NN=Cc1ccc(F)c(F)c1F. The molecule has 0 aromatic heterocycles. The standard InChI is InChI=1S/C8H6F3N3S/c9-5-2-1-4(6(10)7(5)11)3-13-14-8(12)15/h1-3H,(H3,12,14,15). The van der Waals surface area contributed by atoms with E-state index in [4.69, 9.17) is 5.73 Å². The number of hydrazone groups is 1. The average Bonchev–Trinajstić information content (AvgIpc) is 2.18. The summed E-state index contributed by atoms with van der Waals surface area (Å²) in [7, 11) is 0. The molecule has 3 N–H and O–H groups in total. The summed E-state index contributed by atoms with van der Waals surface area (Å²) in [4.78, 5) is 0. The fourth-order valence-corrected chi connectivity index (χ4v) is 0.859. The number of rotatable bonds is 2. The van der Waals surface area contributed by atoms with E-state index in [1.54, 1.807) is 0 Å². The smallest absolute Gasteiger partial charge is 0.195 e. The molecule has 0 heterocycles. The number of nitrogens with zero attached hydrogens (tertiary/aromatic N) is 1. The minimum atomic E-state index is -1.55. The lowest BCUT2D eigenvalue weighted by Gasteiger charge is -1.99. The van der Waals surface area contributed by atoms with Crippen molar-refractivity contribution in [3.63, 3.8) is 0 Å². The van der Waals surface area contributed by atoms with E-state index >= 15 is 0 Å². The highest BCUT2D eigenvalue weighted by atomic mass is 32.1. The fourth-order valence-electron chi connectivity index (χ4n) is 0.806. The Morgan fingerprint density at radius 2 is 2.00 bits per heavy atom. The molecule has 0 amide bonds. The first kappa shape index (κ1) is 11.4. The van der Waals surface area contributed by atoms with Crippen molar-refractivity contribution >= 4 is 23.5 Å². The van der Waals surface area contributed by atoms with Crippen LogP contribution in [0.3, 0.4) is 0 Å². The van der Waals surface area contributed by atoms with Crippen LogP contribution in [0.2, 0.25) is 0 Å². The third-order valence-electron chi connectivity index (χ3n) is 1.44. The lowest BCUT2D eigenvalue weighted by Crippen LogP contribution is -2.24. The van der Waals surface area contributed by atoms with Crippen LogP contribution in [-0.4, -0.2) is 11.3 Å². The lowest BCUT2D eigenvalue weighted by atomic mass is 10.2. The van der Waals surface area contributed by atoms with Crippen molar-refractivity contribution in [3.05, 3.63) is 35.1 Å². The predicted molar refractivity (Wildman–Crippen MR) is 53.8 cm³/mol. The minimum absolute atomic E-state index is 0.116. The van der Waals surface area contributed by atoms with Gasteiger partial charge in [0.2, 0.25) is 0 Å². The Kier molecular flexibility index (Phi) is 3.62. The molecule has 1 rings (SSSR count). The second-order valence-corrected chi connectivity index (χ2v) is 2.94. The van der Waals surface area contributed by atoms with Gasteiger partial charge in [0.25, 0.3) is 0 Å². The Morgan fingerprint density at radius 1 is 1.33 bits per heavy atom. The van der Waals surface area contributed by atoms with Crippen LogP contribution in [0.1, 0.15) is 5.56 Å². The molecule has 0 radical (unpaired) electrons. The molecule has 0 spiro atoms. The molecule has 0 aliphatic heterocycles. The van der Waals surface area contributed by atoms with Crippen LogP contribution in [0.25, 0.3) is 0 Å². The molecule has 0 fully saturated rings. The Bertz CT molecular complexity index is 420. The zero-order valence-corrected chi connectivity index (χ0v) is 8.12. The van der Waals surface area contributed by atoms with Gasteiger partial charge in [0.05, 0.1) is 6.21 Å². The highest BCUT2D eigenvalue weighted by Gasteiger charge is 2.11. The Balaban J connectivity index is 2.92. The van der Waals surface area contributed by atoms with Crippen LogP contribution in [0.5, 0.6) is 0 Å². The molecule has 0 saturated carbocycles. The summed E-state index contributed by atoms with van der Waals surface area (Å²) in [6, 6.07) is 1.83. The lowest BCUT2D eigenvalue weighted by molar-refractivity contribution is 0.446. The van der Waals surface area contributed by atoms with E-state index in [2.05, 4.69) is 22.7 Å². The second-order valence-electron chi connectivity index (χ2n) is 2.50. The van der Waals surface area contributed by atoms with Gasteiger partial charge in [0.15, 0.2) is 22.6 Å². The zero-order valence-electron chi connectivity index (χ0n) is 7.30. The van der Waals surface area contributed by atoms with Crippen molar-refractivity contribution in [1.29, 1.82) is 0 Å². The van der Waals surface area contributed by atoms with Crippen LogP contribution in [0, 0.1) is 17.5 Å². The number of halogens is 3. The molecule has 7 heteroatoms. The van der Waals surface area contributed by atoms with Crippen LogP contribution >= 0.6 is 12.2 Å². The molecule has 0 atom stereocenters. The molecule has 0 saturated heterocycles. The quantitative estimate of drug-likeness (QED) is 0.350. The first-order chi connectivity index (χ1) is 7.02. The minimum Gasteiger partial charge on any atom is -0.375 e. The van der Waals surface area contributed by atoms with Gasteiger partial charge in [0.1, 0.15) is 0 Å². The van der Waals surface area contributed by atoms with E-state index in [-0.39, 0.29) is 10.7 Å². The summed E-state index contributed by atoms with van der Waals surface area (Å²) in [5.41, 5.74) is 6.97. The van der Waals surface area contributed by atoms with Crippen LogP contribution in [-0.2, 0) is 0 Å². The van der Waals surface area contributed by atoms with E-state index in [1.807, 2.05) is 0 Å². The van der Waals surface area contributed by atoms with Crippen molar-refractivity contribution < 1.29 is 13.2 Å². The van der Waals surface area contributed by atoms with E-state index < -0.39 is 17.5 Å². The van der Waals surface area contributed by atoms with Gasteiger partial charge in [0, 0.05) is 5.56 Å². The highest BCUT2D eigenvalue weighted by Crippen LogP contribution is 2.13. The largest absolute Gasteiger partial charge is 0.375 e. The average molecular weight is 233 g/mol. The summed E-state index contributed by atoms with van der Waals surface area (Å²) >= 11 is 4.42. The topological polar surface area (TPSA) is 50.4 Å². The van der Waals surface area contributed by atoms with E-state index in [1.165, 1.54) is 0 Å². The van der Waals surface area contributed by atoms with Crippen molar-refractivity contribution in [2.45, 2.75) is 0 Å². The number of thiocarbonyl (C=S) groups is 1. The number of hydrogen-bond donors (Lipinski definition) is 2. The zero-order chi connectivity index (χ0) is 11.4. The van der Waals surface area contributed by atoms with Crippen LogP contribution in [0.15, 0.2) is 17.2 Å². The molecule has 0 unspecified atom stereocenters. The molecular formula is C8H6F3N3S. The van der Waals surface area contributed by atoms with Gasteiger partial charge < -0.3 is 5.73 Å². The summed E-state index contributed by atoms with van der Waals surface area (Å²) in [5.74, 6) is -4.12. The fraction of sp³-hybridized carbons (Fsp3) is 0. The number of nitrogens with two attached hydrogens (primary N) is 1. The molecule has 80 valence electrons. The number of hydrogen-bond acceptors (Lipinski definition) is 2. The van der Waals surface area contributed by atoms with Crippen LogP contribution < -0.4 is 11.2 Å². The van der Waals surface area contributed by atoms with Gasteiger partial charge in [-0.05, 0) is 24.4 Å². The van der Waals surface area contributed by atoms with Gasteiger partial charge in [-0.2, -0.15) is 5.10 Å². The van der Waals surface area contributed by atoms with Crippen LogP contribution in [0.4, 0.5) is 13.2 Å². The normalized spacial score (nSPS) is 10.6. The molecule has 0 bridgehead atoms. The van der Waals surface area contributed by atoms with Gasteiger partial charge in [-0.15, -0.1) is 0 Å². The van der Waals surface area contributed by atoms with Crippen molar-refractivity contribution in [1.82, 2.24) is 5.43 Å². The van der Waals surface area contributed by atoms with Gasteiger partial charge in [-0.3, -0.25) is 5.43 Å². The van der Waals surface area contributed by atoms with Crippen molar-refractivity contribution in [3.8, 4) is 0 Å². The second kappa shape index (κ2) is 4.74. The van der Waals surface area contributed by atoms with Gasteiger partial charge in [-0.25, -0.2) is 13.2 Å². The third-order valence-corrected chi connectivity index (χ3v) is 1.53. The first-order valence-corrected chi connectivity index (χ1v) is 4.15. The maximum Gasteiger partial charge on any atom is 0.195 e. The maximum absolute atomic E-state index is 13.0. The molecule has 1 aromatic carbocycles. The number of nitrogens with one attached hydrogen (secondary N) is 1. The summed E-state index contributed by atoms with van der Waals surface area (Å²) in [6.45, 7) is 0. The Hall–Kier alpha value is -1.63. The van der Waals surface area contributed by atoms with Crippen molar-refractivity contribution in [2.75, 3.05) is 0 Å². The van der Waals surface area contributed by atoms with Gasteiger partial charge in [-0.1, -0.05) is 0 Å². The summed E-state index contributed by atoms with van der Waals surface area (Å²) in [6.07, 6.45) is 0.941. The summed E-state index contributed by atoms with van der Waals surface area (Å²) < 4.78 is 38.2. The van der Waals surface area contributed by atoms with E-state index in [9.17, 15) is 13.2 Å². The van der Waals surface area contributed by atoms with E-state index in [0.717, 1.165) is 18.3 Å². The van der Waals surface area contributed by atoms with Crippen molar-refractivity contribution in [2.24, 2.45) is 10.8 Å². The van der Waals surface area contributed by atoms with Gasteiger partial charge >= 0.3 is 0 Å². The predicted octanol–water partition coefficient (Wildman–Crippen LogP) is 1.27. The molecule has 0 aliphatic carbocycles. The monoisotopic (exact) mass is 233 g/mol. The number of benzene rings is 1. The van der Waals surface area contributed by atoms with E-state index in [0.29, 0.717) is 0 Å². The summed E-state index contributed by atoms with van der Waals surface area (Å²) in [5, 5.41) is 3.29. The molecule has 3 nitrogen and oxygen atoms in total. The maximum atomic E-state index is 13.0. The Labute approximate surface area is 88.8 Å². The molecule has 15 heavy (non-hydrogen) atoms. The molecule has 0 aliphatic rings. The molecule has 1 aromatic rings. The first-order valence-electron chi connectivity index (χ1n) is 3.74. The Morgan fingerprint density at radius 3 is 2.60 bits per heavy atom.